The predicted molar refractivity (Wildman–Crippen MR) is 73.5 cm³/mol. The first kappa shape index (κ1) is 13.0. The second kappa shape index (κ2) is 5.94. The van der Waals surface area contributed by atoms with Crippen LogP contribution in [0.25, 0.3) is 0 Å². The van der Waals surface area contributed by atoms with Crippen molar-refractivity contribution in [2.24, 2.45) is 0 Å². The highest BCUT2D eigenvalue weighted by Crippen LogP contribution is 2.16. The van der Waals surface area contributed by atoms with Crippen LogP contribution in [0.5, 0.6) is 0 Å². The van der Waals surface area contributed by atoms with Gasteiger partial charge >= 0.3 is 0 Å². The van der Waals surface area contributed by atoms with Gasteiger partial charge in [-0.2, -0.15) is 0 Å². The lowest BCUT2D eigenvalue weighted by Crippen LogP contribution is -2.14. The SMILES string of the molecule is Cc1nccc(CNCc2ccc(C)c(Cl)c2)n1. The first-order chi connectivity index (χ1) is 8.65. The molecule has 4 heteroatoms. The van der Waals surface area contributed by atoms with E-state index in [-0.39, 0.29) is 0 Å². The van der Waals surface area contributed by atoms with Crippen molar-refractivity contribution < 1.29 is 0 Å². The van der Waals surface area contributed by atoms with E-state index in [2.05, 4.69) is 21.4 Å². The number of halogens is 1. The topological polar surface area (TPSA) is 37.8 Å². The molecule has 1 aromatic carbocycles. The number of nitrogens with one attached hydrogen (secondary N) is 1. The molecule has 0 aliphatic carbocycles. The number of benzene rings is 1. The van der Waals surface area contributed by atoms with Crippen molar-refractivity contribution >= 4 is 11.6 Å². The first-order valence-electron chi connectivity index (χ1n) is 5.89. The Labute approximate surface area is 112 Å². The lowest BCUT2D eigenvalue weighted by molar-refractivity contribution is 0.675. The van der Waals surface area contributed by atoms with Crippen molar-refractivity contribution in [3.63, 3.8) is 0 Å². The maximum absolute atomic E-state index is 6.08. The van der Waals surface area contributed by atoms with E-state index in [1.165, 1.54) is 5.56 Å². The molecule has 3 nitrogen and oxygen atoms in total. The zero-order valence-corrected chi connectivity index (χ0v) is 11.3. The minimum Gasteiger partial charge on any atom is -0.307 e. The van der Waals surface area contributed by atoms with Gasteiger partial charge < -0.3 is 5.32 Å². The largest absolute Gasteiger partial charge is 0.307 e. The molecule has 94 valence electrons. The molecule has 18 heavy (non-hydrogen) atoms. The third-order valence-corrected chi connectivity index (χ3v) is 3.11. The second-order valence-corrected chi connectivity index (χ2v) is 4.69. The molecule has 0 unspecified atom stereocenters. The molecule has 0 aliphatic heterocycles. The summed E-state index contributed by atoms with van der Waals surface area (Å²) in [4.78, 5) is 8.41. The van der Waals surface area contributed by atoms with Gasteiger partial charge in [-0.1, -0.05) is 23.7 Å². The van der Waals surface area contributed by atoms with Crippen LogP contribution in [0.1, 0.15) is 22.6 Å². The van der Waals surface area contributed by atoms with Gasteiger partial charge in [0.25, 0.3) is 0 Å². The van der Waals surface area contributed by atoms with Crippen LogP contribution in [-0.2, 0) is 13.1 Å². The Morgan fingerprint density at radius 2 is 2.00 bits per heavy atom. The summed E-state index contributed by atoms with van der Waals surface area (Å²) in [6.45, 7) is 5.41. The number of rotatable bonds is 4. The van der Waals surface area contributed by atoms with Crippen molar-refractivity contribution in [1.82, 2.24) is 15.3 Å². The van der Waals surface area contributed by atoms with E-state index in [4.69, 9.17) is 11.6 Å². The molecule has 0 atom stereocenters. The molecule has 1 aromatic heterocycles. The van der Waals surface area contributed by atoms with Gasteiger partial charge in [0.15, 0.2) is 0 Å². The predicted octanol–water partition coefficient (Wildman–Crippen LogP) is 3.04. The molecular weight excluding hydrogens is 246 g/mol. The Hall–Kier alpha value is -1.45. The third-order valence-electron chi connectivity index (χ3n) is 2.71. The lowest BCUT2D eigenvalue weighted by Gasteiger charge is -2.06. The molecule has 1 heterocycles. The van der Waals surface area contributed by atoms with E-state index in [1.807, 2.05) is 32.0 Å². The molecule has 0 saturated carbocycles. The highest BCUT2D eigenvalue weighted by Gasteiger charge is 1.99. The van der Waals surface area contributed by atoms with Gasteiger partial charge in [0.1, 0.15) is 5.82 Å². The van der Waals surface area contributed by atoms with Crippen LogP contribution in [0.3, 0.4) is 0 Å². The zero-order valence-electron chi connectivity index (χ0n) is 10.6. The Morgan fingerprint density at radius 1 is 1.17 bits per heavy atom. The summed E-state index contributed by atoms with van der Waals surface area (Å²) in [5, 5.41) is 4.16. The number of aromatic nitrogens is 2. The van der Waals surface area contributed by atoms with E-state index < -0.39 is 0 Å². The van der Waals surface area contributed by atoms with E-state index in [0.717, 1.165) is 35.2 Å². The monoisotopic (exact) mass is 261 g/mol. The Kier molecular flexibility index (Phi) is 4.28. The molecule has 0 bridgehead atoms. The number of aryl methyl sites for hydroxylation is 2. The van der Waals surface area contributed by atoms with Crippen molar-refractivity contribution in [3.8, 4) is 0 Å². The van der Waals surface area contributed by atoms with Crippen LogP contribution in [0.4, 0.5) is 0 Å². The normalized spacial score (nSPS) is 10.6. The van der Waals surface area contributed by atoms with Crippen LogP contribution in [0.15, 0.2) is 30.5 Å². The standard InChI is InChI=1S/C14H16ClN3/c1-10-3-4-12(7-14(10)15)8-16-9-13-5-6-17-11(2)18-13/h3-7,16H,8-9H2,1-2H3. The van der Waals surface area contributed by atoms with Crippen LogP contribution in [-0.4, -0.2) is 9.97 Å². The molecular formula is C14H16ClN3. The Balaban J connectivity index is 1.90. The first-order valence-corrected chi connectivity index (χ1v) is 6.27. The van der Waals surface area contributed by atoms with Crippen LogP contribution < -0.4 is 5.32 Å². The van der Waals surface area contributed by atoms with Crippen molar-refractivity contribution in [2.45, 2.75) is 26.9 Å². The van der Waals surface area contributed by atoms with Crippen molar-refractivity contribution in [1.29, 1.82) is 0 Å². The summed E-state index contributed by atoms with van der Waals surface area (Å²) >= 11 is 6.08. The van der Waals surface area contributed by atoms with Crippen LogP contribution in [0, 0.1) is 13.8 Å². The summed E-state index contributed by atoms with van der Waals surface area (Å²) in [7, 11) is 0. The smallest absolute Gasteiger partial charge is 0.125 e. The number of nitrogens with zero attached hydrogens (tertiary/aromatic N) is 2. The van der Waals surface area contributed by atoms with Crippen molar-refractivity contribution in [2.75, 3.05) is 0 Å². The van der Waals surface area contributed by atoms with Gasteiger partial charge in [0.2, 0.25) is 0 Å². The summed E-state index contributed by atoms with van der Waals surface area (Å²) in [5.74, 6) is 0.799. The van der Waals surface area contributed by atoms with Gasteiger partial charge in [-0.15, -0.1) is 0 Å². The fraction of sp³-hybridized carbons (Fsp3) is 0.286. The van der Waals surface area contributed by atoms with Gasteiger partial charge in [-0.3, -0.25) is 0 Å². The van der Waals surface area contributed by atoms with E-state index in [1.54, 1.807) is 6.20 Å². The van der Waals surface area contributed by atoms with Crippen LogP contribution >= 0.6 is 11.6 Å². The maximum Gasteiger partial charge on any atom is 0.125 e. The van der Waals surface area contributed by atoms with Crippen LogP contribution in [0.2, 0.25) is 5.02 Å². The average Bonchev–Trinajstić information content (AvgIpc) is 2.34. The van der Waals surface area contributed by atoms with E-state index in [0.29, 0.717) is 0 Å². The summed E-state index contributed by atoms with van der Waals surface area (Å²) < 4.78 is 0. The number of hydrogen-bond donors (Lipinski definition) is 1. The Morgan fingerprint density at radius 3 is 2.72 bits per heavy atom. The molecule has 0 amide bonds. The van der Waals surface area contributed by atoms with E-state index in [9.17, 15) is 0 Å². The van der Waals surface area contributed by atoms with Gasteiger partial charge in [0, 0.05) is 24.3 Å². The summed E-state index contributed by atoms with van der Waals surface area (Å²) in [6, 6.07) is 8.03. The minimum atomic E-state index is 0.731. The molecule has 1 N–H and O–H groups in total. The average molecular weight is 262 g/mol. The van der Waals surface area contributed by atoms with Gasteiger partial charge in [-0.05, 0) is 37.1 Å². The fourth-order valence-electron chi connectivity index (χ4n) is 1.68. The molecule has 0 radical (unpaired) electrons. The molecule has 0 spiro atoms. The minimum absolute atomic E-state index is 0.731. The Bertz CT molecular complexity index is 540. The fourth-order valence-corrected chi connectivity index (χ4v) is 1.89. The van der Waals surface area contributed by atoms with Gasteiger partial charge in [0.05, 0.1) is 5.69 Å². The molecule has 2 rings (SSSR count). The van der Waals surface area contributed by atoms with E-state index >= 15 is 0 Å². The molecule has 2 aromatic rings. The highest BCUT2D eigenvalue weighted by atomic mass is 35.5. The zero-order chi connectivity index (χ0) is 13.0. The molecule has 0 saturated heterocycles. The summed E-state index contributed by atoms with van der Waals surface area (Å²) in [5.41, 5.74) is 3.28. The second-order valence-electron chi connectivity index (χ2n) is 4.28. The third kappa shape index (κ3) is 3.52. The quantitative estimate of drug-likeness (QED) is 0.919. The van der Waals surface area contributed by atoms with Crippen molar-refractivity contribution in [3.05, 3.63) is 58.1 Å². The van der Waals surface area contributed by atoms with Gasteiger partial charge in [-0.25, -0.2) is 9.97 Å². The maximum atomic E-state index is 6.08. The number of hydrogen-bond acceptors (Lipinski definition) is 3. The lowest BCUT2D eigenvalue weighted by atomic mass is 10.1. The summed E-state index contributed by atoms with van der Waals surface area (Å²) in [6.07, 6.45) is 1.78. The highest BCUT2D eigenvalue weighted by molar-refractivity contribution is 6.31. The molecule has 0 fully saturated rings. The molecule has 0 aliphatic rings.